The van der Waals surface area contributed by atoms with Crippen LogP contribution in [0.5, 0.6) is 0 Å². The molecule has 0 saturated heterocycles. The Hall–Kier alpha value is -1.49. The summed E-state index contributed by atoms with van der Waals surface area (Å²) < 4.78 is 26.4. The van der Waals surface area contributed by atoms with E-state index in [1.54, 1.807) is 0 Å². The van der Waals surface area contributed by atoms with Crippen molar-refractivity contribution in [1.82, 2.24) is 5.32 Å². The van der Waals surface area contributed by atoms with Gasteiger partial charge in [0.2, 0.25) is 5.91 Å². The average molecular weight is 242 g/mol. The summed E-state index contributed by atoms with van der Waals surface area (Å²) in [4.78, 5) is 11.4. The predicted octanol–water partition coefficient (Wildman–Crippen LogP) is 2.29. The molecule has 0 aliphatic rings. The van der Waals surface area contributed by atoms with E-state index in [9.17, 15) is 13.6 Å². The molecule has 1 aromatic carbocycles. The molecule has 5 heteroatoms. The van der Waals surface area contributed by atoms with E-state index < -0.39 is 23.2 Å². The summed E-state index contributed by atoms with van der Waals surface area (Å²) in [5.74, 6) is -2.00. The zero-order valence-electron chi connectivity index (χ0n) is 9.72. The molecule has 1 rings (SSSR count). The molecule has 94 valence electrons. The maximum Gasteiger partial charge on any atom is 0.238 e. The molecular formula is C12H16F2N2O. The third-order valence-corrected chi connectivity index (χ3v) is 2.22. The molecule has 0 saturated carbocycles. The first-order valence-electron chi connectivity index (χ1n) is 5.59. The highest BCUT2D eigenvalue weighted by molar-refractivity contribution is 5.92. The lowest BCUT2D eigenvalue weighted by Gasteiger charge is -2.08. The predicted molar refractivity (Wildman–Crippen MR) is 62.8 cm³/mol. The van der Waals surface area contributed by atoms with Crippen molar-refractivity contribution in [3.63, 3.8) is 0 Å². The van der Waals surface area contributed by atoms with Gasteiger partial charge in [0.15, 0.2) is 0 Å². The van der Waals surface area contributed by atoms with Crippen molar-refractivity contribution in [3.8, 4) is 0 Å². The van der Waals surface area contributed by atoms with Crippen molar-refractivity contribution in [1.29, 1.82) is 0 Å². The van der Waals surface area contributed by atoms with Crippen LogP contribution in [0, 0.1) is 11.6 Å². The van der Waals surface area contributed by atoms with Crippen LogP contribution in [0.4, 0.5) is 14.5 Å². The Labute approximate surface area is 99.2 Å². The molecule has 0 spiro atoms. The van der Waals surface area contributed by atoms with E-state index in [-0.39, 0.29) is 6.54 Å². The number of amides is 1. The number of rotatable bonds is 6. The Morgan fingerprint density at radius 1 is 1.29 bits per heavy atom. The SMILES string of the molecule is CCCCNCC(=O)Nc1c(F)cccc1F. The number of nitrogens with one attached hydrogen (secondary N) is 2. The van der Waals surface area contributed by atoms with E-state index in [1.807, 2.05) is 6.92 Å². The van der Waals surface area contributed by atoms with Gasteiger partial charge in [-0.2, -0.15) is 0 Å². The van der Waals surface area contributed by atoms with Gasteiger partial charge < -0.3 is 10.6 Å². The van der Waals surface area contributed by atoms with Gasteiger partial charge in [-0.05, 0) is 25.1 Å². The van der Waals surface area contributed by atoms with Gasteiger partial charge >= 0.3 is 0 Å². The Kier molecular flexibility index (Phi) is 5.56. The van der Waals surface area contributed by atoms with E-state index in [4.69, 9.17) is 0 Å². The highest BCUT2D eigenvalue weighted by atomic mass is 19.1. The zero-order valence-corrected chi connectivity index (χ0v) is 9.72. The van der Waals surface area contributed by atoms with Gasteiger partial charge in [-0.15, -0.1) is 0 Å². The number of para-hydroxylation sites is 1. The minimum absolute atomic E-state index is 0.0494. The van der Waals surface area contributed by atoms with E-state index in [2.05, 4.69) is 10.6 Å². The van der Waals surface area contributed by atoms with E-state index in [1.165, 1.54) is 6.07 Å². The normalized spacial score (nSPS) is 10.3. The maximum atomic E-state index is 13.2. The second kappa shape index (κ2) is 6.96. The number of hydrogen-bond donors (Lipinski definition) is 2. The second-order valence-corrected chi connectivity index (χ2v) is 3.68. The molecule has 0 aromatic heterocycles. The second-order valence-electron chi connectivity index (χ2n) is 3.68. The molecule has 1 amide bonds. The van der Waals surface area contributed by atoms with Gasteiger partial charge in [-0.3, -0.25) is 4.79 Å². The molecule has 2 N–H and O–H groups in total. The van der Waals surface area contributed by atoms with Crippen LogP contribution in [0.3, 0.4) is 0 Å². The number of anilines is 1. The lowest BCUT2D eigenvalue weighted by atomic mass is 10.3. The van der Waals surface area contributed by atoms with Crippen LogP contribution < -0.4 is 10.6 Å². The monoisotopic (exact) mass is 242 g/mol. The quantitative estimate of drug-likeness (QED) is 0.751. The maximum absolute atomic E-state index is 13.2. The van der Waals surface area contributed by atoms with Crippen LogP contribution in [0.2, 0.25) is 0 Å². The van der Waals surface area contributed by atoms with Crippen LogP contribution in [0.1, 0.15) is 19.8 Å². The lowest BCUT2D eigenvalue weighted by Crippen LogP contribution is -2.29. The van der Waals surface area contributed by atoms with Crippen molar-refractivity contribution in [2.24, 2.45) is 0 Å². The Bertz CT molecular complexity index is 363. The molecule has 0 fully saturated rings. The van der Waals surface area contributed by atoms with Gasteiger partial charge in [0.05, 0.1) is 6.54 Å². The number of carbonyl (C=O) groups is 1. The van der Waals surface area contributed by atoms with Gasteiger partial charge in [-0.1, -0.05) is 19.4 Å². The number of hydrogen-bond acceptors (Lipinski definition) is 2. The molecule has 0 atom stereocenters. The van der Waals surface area contributed by atoms with Gasteiger partial charge in [0.1, 0.15) is 17.3 Å². The minimum atomic E-state index is -0.771. The minimum Gasteiger partial charge on any atom is -0.320 e. The largest absolute Gasteiger partial charge is 0.320 e. The van der Waals surface area contributed by atoms with E-state index >= 15 is 0 Å². The molecule has 0 radical (unpaired) electrons. The van der Waals surface area contributed by atoms with Crippen LogP contribution >= 0.6 is 0 Å². The summed E-state index contributed by atoms with van der Waals surface area (Å²) in [5.41, 5.74) is -0.394. The summed E-state index contributed by atoms with van der Waals surface area (Å²) in [5, 5.41) is 5.09. The summed E-state index contributed by atoms with van der Waals surface area (Å²) in [7, 11) is 0. The van der Waals surface area contributed by atoms with Crippen molar-refractivity contribution < 1.29 is 13.6 Å². The molecule has 0 aliphatic heterocycles. The van der Waals surface area contributed by atoms with Crippen molar-refractivity contribution in [2.75, 3.05) is 18.4 Å². The Morgan fingerprint density at radius 3 is 2.53 bits per heavy atom. The van der Waals surface area contributed by atoms with Gasteiger partial charge in [0, 0.05) is 0 Å². The summed E-state index contributed by atoms with van der Waals surface area (Å²) >= 11 is 0. The van der Waals surface area contributed by atoms with Gasteiger partial charge in [0.25, 0.3) is 0 Å². The Balaban J connectivity index is 2.45. The summed E-state index contributed by atoms with van der Waals surface area (Å²) in [6, 6.07) is 3.45. The Morgan fingerprint density at radius 2 is 1.94 bits per heavy atom. The number of unbranched alkanes of at least 4 members (excludes halogenated alkanes) is 1. The molecule has 0 aliphatic carbocycles. The molecule has 3 nitrogen and oxygen atoms in total. The fourth-order valence-corrected chi connectivity index (χ4v) is 1.30. The third-order valence-electron chi connectivity index (χ3n) is 2.22. The lowest BCUT2D eigenvalue weighted by molar-refractivity contribution is -0.115. The summed E-state index contributed by atoms with van der Waals surface area (Å²) in [6.45, 7) is 2.80. The number of halogens is 2. The first kappa shape index (κ1) is 13.6. The standard InChI is InChI=1S/C12H16F2N2O/c1-2-3-7-15-8-11(17)16-12-9(13)5-4-6-10(12)14/h4-6,15H,2-3,7-8H2,1H3,(H,16,17). The van der Waals surface area contributed by atoms with Crippen LogP contribution in [0.25, 0.3) is 0 Å². The molecule has 0 unspecified atom stereocenters. The fraction of sp³-hybridized carbons (Fsp3) is 0.417. The first-order chi connectivity index (χ1) is 8.15. The molecule has 0 bridgehead atoms. The highest BCUT2D eigenvalue weighted by Crippen LogP contribution is 2.17. The first-order valence-corrected chi connectivity index (χ1v) is 5.59. The number of carbonyl (C=O) groups excluding carboxylic acids is 1. The van der Waals surface area contributed by atoms with E-state index in [0.29, 0.717) is 6.54 Å². The zero-order chi connectivity index (χ0) is 12.7. The molecule has 0 heterocycles. The number of benzene rings is 1. The fourth-order valence-electron chi connectivity index (χ4n) is 1.30. The molecular weight excluding hydrogens is 226 g/mol. The van der Waals surface area contributed by atoms with Crippen LogP contribution in [0.15, 0.2) is 18.2 Å². The highest BCUT2D eigenvalue weighted by Gasteiger charge is 2.10. The molecule has 1 aromatic rings. The van der Waals surface area contributed by atoms with Gasteiger partial charge in [-0.25, -0.2) is 8.78 Å². The topological polar surface area (TPSA) is 41.1 Å². The third kappa shape index (κ3) is 4.48. The molecule has 17 heavy (non-hydrogen) atoms. The van der Waals surface area contributed by atoms with Crippen molar-refractivity contribution in [3.05, 3.63) is 29.8 Å². The van der Waals surface area contributed by atoms with Crippen LogP contribution in [-0.2, 0) is 4.79 Å². The van der Waals surface area contributed by atoms with Crippen LogP contribution in [-0.4, -0.2) is 19.0 Å². The van der Waals surface area contributed by atoms with Crippen molar-refractivity contribution in [2.45, 2.75) is 19.8 Å². The average Bonchev–Trinajstić information content (AvgIpc) is 2.30. The smallest absolute Gasteiger partial charge is 0.238 e. The van der Waals surface area contributed by atoms with E-state index in [0.717, 1.165) is 25.0 Å². The summed E-state index contributed by atoms with van der Waals surface area (Å²) in [6.07, 6.45) is 1.98. The van der Waals surface area contributed by atoms with Crippen molar-refractivity contribution >= 4 is 11.6 Å².